The van der Waals surface area contributed by atoms with Crippen LogP contribution in [0.1, 0.15) is 31.4 Å². The Kier molecular flexibility index (Phi) is 13.0. The summed E-state index contributed by atoms with van der Waals surface area (Å²) in [6, 6.07) is 25.4. The van der Waals surface area contributed by atoms with Gasteiger partial charge in [-0.15, -0.1) is 0 Å². The normalized spacial score (nSPS) is 11.9. The molecule has 4 aromatic rings. The van der Waals surface area contributed by atoms with Crippen LogP contribution in [0, 0.1) is 0 Å². The number of ether oxygens (including phenoxy) is 1. The fourth-order valence-corrected chi connectivity index (χ4v) is 6.75. The van der Waals surface area contributed by atoms with Crippen molar-refractivity contribution in [1.29, 1.82) is 0 Å². The summed E-state index contributed by atoms with van der Waals surface area (Å²) in [5.74, 6) is -0.421. The molecule has 12 heteroatoms. The van der Waals surface area contributed by atoms with Crippen molar-refractivity contribution in [2.45, 2.75) is 44.2 Å². The quantitative estimate of drug-likeness (QED) is 0.138. The van der Waals surface area contributed by atoms with E-state index in [0.717, 1.165) is 9.87 Å². The molecule has 0 aliphatic heterocycles. The van der Waals surface area contributed by atoms with Crippen LogP contribution in [0.4, 0.5) is 5.69 Å². The highest BCUT2D eigenvalue weighted by Crippen LogP contribution is 2.29. The number of rotatable bonds is 15. The Morgan fingerprint density at radius 1 is 0.830 bits per heavy atom. The van der Waals surface area contributed by atoms with E-state index in [1.807, 2.05) is 44.2 Å². The summed E-state index contributed by atoms with van der Waals surface area (Å²) in [6.45, 7) is 3.97. The van der Waals surface area contributed by atoms with E-state index < -0.39 is 28.5 Å². The number of anilines is 1. The van der Waals surface area contributed by atoms with Crippen molar-refractivity contribution in [3.63, 3.8) is 0 Å². The maximum atomic E-state index is 14.5. The standard InChI is InChI=1S/C35H36Cl3N3O5S/c1-3-20-39-35(43)33(22-25-8-6-5-7-9-25)40(23-26-10-19-31(37)32(38)21-26)34(42)24-41(28-13-15-29(16-14-28)46-4-2)47(44,45)30-17-11-27(36)12-18-30/h5-19,21,33H,3-4,20,22-24H2,1-2H3,(H,39,43)/t33-/m0/s1. The van der Waals surface area contributed by atoms with Gasteiger partial charge in [0.1, 0.15) is 18.3 Å². The average molecular weight is 717 g/mol. The Morgan fingerprint density at radius 2 is 1.51 bits per heavy atom. The van der Waals surface area contributed by atoms with Gasteiger partial charge in [0.05, 0.1) is 27.2 Å². The molecule has 0 fully saturated rings. The molecule has 0 aliphatic rings. The van der Waals surface area contributed by atoms with Gasteiger partial charge in [-0.3, -0.25) is 13.9 Å². The Bertz CT molecular complexity index is 1760. The predicted molar refractivity (Wildman–Crippen MR) is 188 cm³/mol. The minimum atomic E-state index is -4.28. The van der Waals surface area contributed by atoms with Gasteiger partial charge in [0.2, 0.25) is 11.8 Å². The van der Waals surface area contributed by atoms with Crippen molar-refractivity contribution in [2.75, 3.05) is 24.0 Å². The molecule has 0 aliphatic carbocycles. The number of nitrogens with zero attached hydrogens (tertiary/aromatic N) is 2. The molecule has 4 aromatic carbocycles. The summed E-state index contributed by atoms with van der Waals surface area (Å²) >= 11 is 18.6. The molecule has 0 spiro atoms. The molecule has 8 nitrogen and oxygen atoms in total. The third-order valence-electron chi connectivity index (χ3n) is 7.27. The first-order valence-electron chi connectivity index (χ1n) is 15.1. The maximum Gasteiger partial charge on any atom is 0.264 e. The van der Waals surface area contributed by atoms with E-state index in [0.29, 0.717) is 40.9 Å². The van der Waals surface area contributed by atoms with Gasteiger partial charge in [-0.25, -0.2) is 8.42 Å². The molecule has 0 bridgehead atoms. The lowest BCUT2D eigenvalue weighted by Gasteiger charge is -2.34. The summed E-state index contributed by atoms with van der Waals surface area (Å²) in [5, 5.41) is 3.91. The Balaban J connectivity index is 1.81. The highest BCUT2D eigenvalue weighted by atomic mass is 35.5. The molecule has 248 valence electrons. The van der Waals surface area contributed by atoms with E-state index in [2.05, 4.69) is 5.32 Å². The van der Waals surface area contributed by atoms with Crippen LogP contribution < -0.4 is 14.4 Å². The lowest BCUT2D eigenvalue weighted by atomic mass is 10.0. The summed E-state index contributed by atoms with van der Waals surface area (Å²) in [5.41, 5.74) is 1.68. The van der Waals surface area contributed by atoms with Crippen LogP contribution in [-0.2, 0) is 32.6 Å². The zero-order valence-corrected chi connectivity index (χ0v) is 29.1. The van der Waals surface area contributed by atoms with Gasteiger partial charge in [-0.2, -0.15) is 0 Å². The number of carbonyl (C=O) groups excluding carboxylic acids is 2. The van der Waals surface area contributed by atoms with Gasteiger partial charge in [0, 0.05) is 24.5 Å². The van der Waals surface area contributed by atoms with Crippen molar-refractivity contribution >= 4 is 62.3 Å². The van der Waals surface area contributed by atoms with Crippen molar-refractivity contribution in [1.82, 2.24) is 10.2 Å². The third kappa shape index (κ3) is 9.64. The molecule has 0 radical (unpaired) electrons. The average Bonchev–Trinajstić information content (AvgIpc) is 3.06. The fraction of sp³-hybridized carbons (Fsp3) is 0.257. The molecule has 1 atom stereocenters. The van der Waals surface area contributed by atoms with E-state index >= 15 is 0 Å². The minimum absolute atomic E-state index is 0.0368. The third-order valence-corrected chi connectivity index (χ3v) is 10.1. The predicted octanol–water partition coefficient (Wildman–Crippen LogP) is 7.41. The van der Waals surface area contributed by atoms with Gasteiger partial charge in [-0.1, -0.05) is 78.1 Å². The molecule has 0 saturated carbocycles. The fourth-order valence-electron chi connectivity index (χ4n) is 4.89. The molecular weight excluding hydrogens is 681 g/mol. The lowest BCUT2D eigenvalue weighted by molar-refractivity contribution is -0.140. The molecular formula is C35H36Cl3N3O5S. The molecule has 2 amide bonds. The van der Waals surface area contributed by atoms with Gasteiger partial charge in [0.15, 0.2) is 0 Å². The van der Waals surface area contributed by atoms with Crippen LogP contribution in [0.3, 0.4) is 0 Å². The Hall–Kier alpha value is -3.76. The highest BCUT2D eigenvalue weighted by Gasteiger charge is 2.34. The first-order valence-corrected chi connectivity index (χ1v) is 17.7. The zero-order chi connectivity index (χ0) is 34.0. The first kappa shape index (κ1) is 36.1. The smallest absolute Gasteiger partial charge is 0.264 e. The summed E-state index contributed by atoms with van der Waals surface area (Å²) in [4.78, 5) is 29.6. The number of nitrogens with one attached hydrogen (secondary N) is 1. The van der Waals surface area contributed by atoms with Gasteiger partial charge in [-0.05, 0) is 85.1 Å². The topological polar surface area (TPSA) is 96.0 Å². The second kappa shape index (κ2) is 16.9. The molecule has 1 N–H and O–H groups in total. The summed E-state index contributed by atoms with van der Waals surface area (Å²) in [7, 11) is -4.28. The maximum absolute atomic E-state index is 14.5. The van der Waals surface area contributed by atoms with Crippen LogP contribution in [0.2, 0.25) is 15.1 Å². The molecule has 0 unspecified atom stereocenters. The number of sulfonamides is 1. The summed E-state index contributed by atoms with van der Waals surface area (Å²) < 4.78 is 34.9. The second-order valence-corrected chi connectivity index (χ2v) is 13.8. The van der Waals surface area contributed by atoms with Crippen molar-refractivity contribution < 1.29 is 22.7 Å². The van der Waals surface area contributed by atoms with E-state index in [4.69, 9.17) is 39.5 Å². The van der Waals surface area contributed by atoms with Gasteiger partial charge >= 0.3 is 0 Å². The van der Waals surface area contributed by atoms with Crippen LogP contribution in [0.15, 0.2) is 102 Å². The van der Waals surface area contributed by atoms with Crippen molar-refractivity contribution in [2.24, 2.45) is 0 Å². The first-order chi connectivity index (χ1) is 22.5. The number of hydrogen-bond donors (Lipinski definition) is 1. The SMILES string of the molecule is CCCNC(=O)[C@H](Cc1ccccc1)N(Cc1ccc(Cl)c(Cl)c1)C(=O)CN(c1ccc(OCC)cc1)S(=O)(=O)c1ccc(Cl)cc1. The largest absolute Gasteiger partial charge is 0.494 e. The van der Waals surface area contributed by atoms with Crippen LogP contribution in [0.5, 0.6) is 5.75 Å². The number of benzene rings is 4. The van der Waals surface area contributed by atoms with Crippen LogP contribution in [-0.4, -0.2) is 50.9 Å². The molecule has 0 saturated heterocycles. The van der Waals surface area contributed by atoms with E-state index in [1.54, 1.807) is 42.5 Å². The van der Waals surface area contributed by atoms with E-state index in [-0.39, 0.29) is 34.5 Å². The number of halogens is 3. The highest BCUT2D eigenvalue weighted by molar-refractivity contribution is 7.92. The lowest BCUT2D eigenvalue weighted by Crippen LogP contribution is -2.53. The number of hydrogen-bond acceptors (Lipinski definition) is 5. The molecule has 0 heterocycles. The van der Waals surface area contributed by atoms with E-state index in [1.165, 1.54) is 29.2 Å². The van der Waals surface area contributed by atoms with Gasteiger partial charge in [0.25, 0.3) is 10.0 Å². The zero-order valence-electron chi connectivity index (χ0n) is 26.0. The molecule has 0 aromatic heterocycles. The summed E-state index contributed by atoms with van der Waals surface area (Å²) in [6.07, 6.45) is 0.881. The molecule has 47 heavy (non-hydrogen) atoms. The number of carbonyl (C=O) groups is 2. The molecule has 4 rings (SSSR count). The second-order valence-electron chi connectivity index (χ2n) is 10.7. The van der Waals surface area contributed by atoms with Gasteiger partial charge < -0.3 is 15.0 Å². The Labute approximate surface area is 291 Å². The van der Waals surface area contributed by atoms with Crippen molar-refractivity contribution in [3.8, 4) is 5.75 Å². The Morgan fingerprint density at radius 3 is 2.13 bits per heavy atom. The van der Waals surface area contributed by atoms with Crippen LogP contribution in [0.25, 0.3) is 0 Å². The van der Waals surface area contributed by atoms with Crippen molar-refractivity contribution in [3.05, 3.63) is 123 Å². The monoisotopic (exact) mass is 715 g/mol. The minimum Gasteiger partial charge on any atom is -0.494 e. The van der Waals surface area contributed by atoms with E-state index in [9.17, 15) is 18.0 Å². The van der Waals surface area contributed by atoms with Crippen LogP contribution >= 0.6 is 34.8 Å². The number of amides is 2.